The SMILES string of the molecule is Cc1ccc(S(=O)(=O)Oc2ccc(N=Nc3cccc(Nc4ccc(S(=O)(=O)[O-])cc4[N+](=O)[O-])c3)c(C)c2)cc1.[Na+]. The van der Waals surface area contributed by atoms with Gasteiger partial charge in [-0.15, -0.1) is 0 Å². The van der Waals surface area contributed by atoms with Gasteiger partial charge < -0.3 is 14.1 Å². The molecule has 0 bridgehead atoms. The Morgan fingerprint density at radius 3 is 2.15 bits per heavy atom. The van der Waals surface area contributed by atoms with Crippen LogP contribution in [0.4, 0.5) is 28.4 Å². The van der Waals surface area contributed by atoms with E-state index in [1.165, 1.54) is 24.3 Å². The van der Waals surface area contributed by atoms with Crippen LogP contribution >= 0.6 is 0 Å². The Hall–Kier alpha value is -3.66. The number of azo groups is 1. The van der Waals surface area contributed by atoms with E-state index in [1.807, 2.05) is 6.92 Å². The molecule has 0 saturated heterocycles. The Balaban J connectivity index is 0.00000462. The summed E-state index contributed by atoms with van der Waals surface area (Å²) in [5.74, 6) is 0.112. The first-order valence-corrected chi connectivity index (χ1v) is 14.3. The summed E-state index contributed by atoms with van der Waals surface area (Å²) in [6.45, 7) is 3.56. The topological polar surface area (TPSA) is 180 Å². The Labute approximate surface area is 258 Å². The van der Waals surface area contributed by atoms with E-state index in [9.17, 15) is 31.5 Å². The van der Waals surface area contributed by atoms with Gasteiger partial charge in [-0.25, -0.2) is 8.42 Å². The van der Waals surface area contributed by atoms with Crippen molar-refractivity contribution in [3.8, 4) is 5.75 Å². The summed E-state index contributed by atoms with van der Waals surface area (Å²) in [6.07, 6.45) is 0. The number of nitro benzene ring substituents is 1. The Morgan fingerprint density at radius 2 is 1.51 bits per heavy atom. The fourth-order valence-corrected chi connectivity index (χ4v) is 4.92. The predicted molar refractivity (Wildman–Crippen MR) is 145 cm³/mol. The molecule has 12 nitrogen and oxygen atoms in total. The molecule has 0 aliphatic heterocycles. The van der Waals surface area contributed by atoms with Crippen LogP contribution in [0.25, 0.3) is 0 Å². The van der Waals surface area contributed by atoms with E-state index in [1.54, 1.807) is 49.4 Å². The molecule has 0 amide bonds. The molecular formula is C26H21N4NaO8S2. The number of nitro groups is 1. The zero-order valence-corrected chi connectivity index (χ0v) is 25.6. The van der Waals surface area contributed by atoms with Crippen molar-refractivity contribution in [2.45, 2.75) is 23.6 Å². The maximum Gasteiger partial charge on any atom is 1.00 e. The fraction of sp³-hybridized carbons (Fsp3) is 0.0769. The van der Waals surface area contributed by atoms with Gasteiger partial charge in [0, 0.05) is 11.8 Å². The van der Waals surface area contributed by atoms with Crippen LogP contribution in [-0.4, -0.2) is 26.3 Å². The molecule has 0 aliphatic carbocycles. The molecule has 0 atom stereocenters. The Bertz CT molecular complexity index is 1850. The van der Waals surface area contributed by atoms with Crippen LogP contribution < -0.4 is 39.1 Å². The number of rotatable bonds is 9. The van der Waals surface area contributed by atoms with Crippen LogP contribution in [0.1, 0.15) is 11.1 Å². The summed E-state index contributed by atoms with van der Waals surface area (Å²) in [4.78, 5) is 9.94. The van der Waals surface area contributed by atoms with Crippen molar-refractivity contribution in [3.05, 3.63) is 106 Å². The van der Waals surface area contributed by atoms with E-state index < -0.39 is 35.7 Å². The van der Waals surface area contributed by atoms with Crippen LogP contribution in [0.15, 0.2) is 105 Å². The van der Waals surface area contributed by atoms with Crippen LogP contribution in [0.2, 0.25) is 0 Å². The minimum Gasteiger partial charge on any atom is -0.744 e. The monoisotopic (exact) mass is 604 g/mol. The van der Waals surface area contributed by atoms with Crippen molar-refractivity contribution >= 4 is 48.7 Å². The van der Waals surface area contributed by atoms with Crippen molar-refractivity contribution in [3.63, 3.8) is 0 Å². The molecule has 1 N–H and O–H groups in total. The van der Waals surface area contributed by atoms with Crippen LogP contribution in [0, 0.1) is 24.0 Å². The molecule has 0 fully saturated rings. The number of benzene rings is 4. The quantitative estimate of drug-likeness (QED) is 0.0750. The second kappa shape index (κ2) is 12.9. The zero-order valence-electron chi connectivity index (χ0n) is 22.0. The second-order valence-electron chi connectivity index (χ2n) is 8.56. The summed E-state index contributed by atoms with van der Waals surface area (Å²) in [5.41, 5.74) is 2.11. The molecule has 0 heterocycles. The number of nitrogens with zero attached hydrogens (tertiary/aromatic N) is 3. The molecule has 41 heavy (non-hydrogen) atoms. The molecule has 0 aromatic heterocycles. The van der Waals surface area contributed by atoms with Crippen LogP contribution in [0.5, 0.6) is 5.75 Å². The van der Waals surface area contributed by atoms with E-state index in [4.69, 9.17) is 4.18 Å². The zero-order chi connectivity index (χ0) is 29.1. The summed E-state index contributed by atoms with van der Waals surface area (Å²) in [7, 11) is -8.88. The van der Waals surface area contributed by atoms with Crippen molar-refractivity contribution in [1.82, 2.24) is 0 Å². The van der Waals surface area contributed by atoms with E-state index in [-0.39, 0.29) is 45.9 Å². The number of anilines is 2. The Morgan fingerprint density at radius 1 is 0.829 bits per heavy atom. The van der Waals surface area contributed by atoms with E-state index in [2.05, 4.69) is 15.5 Å². The molecule has 4 aromatic carbocycles. The minimum absolute atomic E-state index is 0. The van der Waals surface area contributed by atoms with Crippen molar-refractivity contribution in [1.29, 1.82) is 0 Å². The average Bonchev–Trinajstić information content (AvgIpc) is 2.88. The molecule has 4 rings (SSSR count). The van der Waals surface area contributed by atoms with E-state index in [0.29, 0.717) is 28.7 Å². The minimum atomic E-state index is -4.87. The van der Waals surface area contributed by atoms with Gasteiger partial charge in [-0.1, -0.05) is 23.8 Å². The average molecular weight is 605 g/mol. The number of nitrogens with one attached hydrogen (secondary N) is 1. The molecule has 15 heteroatoms. The summed E-state index contributed by atoms with van der Waals surface area (Å²) >= 11 is 0. The van der Waals surface area contributed by atoms with Gasteiger partial charge in [-0.05, 0) is 80.1 Å². The van der Waals surface area contributed by atoms with Crippen LogP contribution in [-0.2, 0) is 20.2 Å². The van der Waals surface area contributed by atoms with Crippen molar-refractivity contribution < 1.29 is 60.1 Å². The third-order valence-electron chi connectivity index (χ3n) is 5.54. The normalized spacial score (nSPS) is 11.6. The van der Waals surface area contributed by atoms with E-state index in [0.717, 1.165) is 17.7 Å². The van der Waals surface area contributed by atoms with Gasteiger partial charge in [-0.2, -0.15) is 18.6 Å². The van der Waals surface area contributed by atoms with Crippen molar-refractivity contribution in [2.75, 3.05) is 5.32 Å². The number of aryl methyl sites for hydroxylation is 2. The molecule has 206 valence electrons. The van der Waals surface area contributed by atoms with Gasteiger partial charge in [0.2, 0.25) is 0 Å². The third-order valence-corrected chi connectivity index (χ3v) is 7.63. The number of hydrogen-bond donors (Lipinski definition) is 1. The molecule has 4 aromatic rings. The van der Waals surface area contributed by atoms with Gasteiger partial charge >= 0.3 is 39.7 Å². The maximum atomic E-state index is 12.6. The molecule has 0 saturated carbocycles. The summed E-state index contributed by atoms with van der Waals surface area (Å²) < 4.78 is 64.0. The Kier molecular flexibility index (Phi) is 10.0. The third kappa shape index (κ3) is 8.19. The van der Waals surface area contributed by atoms with Gasteiger partial charge in [0.05, 0.1) is 21.2 Å². The first kappa shape index (κ1) is 31.9. The standard InChI is InChI=1S/C26H22N4O8S2.Na/c1-17-6-9-22(10-7-17)40(36,37)38-21-8-12-24(18(2)14-21)29-28-20-5-3-4-19(15-20)27-25-13-11-23(39(33,34)35)16-26(25)30(31)32;/h3-16,27H,1-2H3,(H,33,34,35);/q;+1/p-1. The molecule has 0 unspecified atom stereocenters. The molecule has 0 radical (unpaired) electrons. The smallest absolute Gasteiger partial charge is 0.744 e. The molecular weight excluding hydrogens is 583 g/mol. The van der Waals surface area contributed by atoms with Gasteiger partial charge in [0.25, 0.3) is 5.69 Å². The summed E-state index contributed by atoms with van der Waals surface area (Å²) in [6, 6.07) is 20.0. The van der Waals surface area contributed by atoms with Gasteiger partial charge in [-0.3, -0.25) is 10.1 Å². The first-order chi connectivity index (χ1) is 18.8. The predicted octanol–water partition coefficient (Wildman–Crippen LogP) is 3.05. The maximum absolute atomic E-state index is 12.6. The van der Waals surface area contributed by atoms with E-state index >= 15 is 0 Å². The summed E-state index contributed by atoms with van der Waals surface area (Å²) in [5, 5.41) is 22.6. The van der Waals surface area contributed by atoms with Crippen LogP contribution in [0.3, 0.4) is 0 Å². The van der Waals surface area contributed by atoms with Gasteiger partial charge in [0.1, 0.15) is 26.5 Å². The van der Waals surface area contributed by atoms with Gasteiger partial charge in [0.15, 0.2) is 0 Å². The fourth-order valence-electron chi connectivity index (χ4n) is 3.51. The second-order valence-corrected chi connectivity index (χ2v) is 11.5. The molecule has 0 spiro atoms. The first-order valence-electron chi connectivity index (χ1n) is 11.5. The molecule has 0 aliphatic rings. The number of hydrogen-bond acceptors (Lipinski definition) is 11. The largest absolute Gasteiger partial charge is 1.00 e. The van der Waals surface area contributed by atoms with Crippen molar-refractivity contribution in [2.24, 2.45) is 10.2 Å².